The van der Waals surface area contributed by atoms with Crippen molar-refractivity contribution in [3.05, 3.63) is 40.4 Å². The lowest BCUT2D eigenvalue weighted by atomic mass is 10.1. The van der Waals surface area contributed by atoms with Crippen molar-refractivity contribution < 1.29 is 4.39 Å². The van der Waals surface area contributed by atoms with Gasteiger partial charge in [-0.05, 0) is 39.9 Å². The smallest absolute Gasteiger partial charge is 0.133 e. The van der Waals surface area contributed by atoms with Gasteiger partial charge in [0, 0.05) is 6.20 Å². The molecule has 0 saturated heterocycles. The highest BCUT2D eigenvalue weighted by Crippen LogP contribution is 2.26. The first kappa shape index (κ1) is 8.63. The number of nitrogens with zero attached hydrogens (tertiary/aromatic N) is 1. The van der Waals surface area contributed by atoms with Gasteiger partial charge in [0.15, 0.2) is 0 Å². The fourth-order valence-electron chi connectivity index (χ4n) is 1.35. The number of pyridine rings is 1. The first-order valence-electron chi connectivity index (χ1n) is 3.89. The highest BCUT2D eigenvalue weighted by molar-refractivity contribution is 9.10. The molecule has 0 N–H and O–H groups in total. The second kappa shape index (κ2) is 3.07. The van der Waals surface area contributed by atoms with Crippen LogP contribution >= 0.6 is 15.9 Å². The average molecular weight is 240 g/mol. The molecule has 0 amide bonds. The molecule has 0 aliphatic carbocycles. The van der Waals surface area contributed by atoms with Crippen LogP contribution in [0, 0.1) is 12.7 Å². The van der Waals surface area contributed by atoms with Crippen LogP contribution in [0.2, 0.25) is 0 Å². The lowest BCUT2D eigenvalue weighted by molar-refractivity contribution is 0.639. The van der Waals surface area contributed by atoms with E-state index in [2.05, 4.69) is 20.9 Å². The zero-order valence-corrected chi connectivity index (χ0v) is 8.60. The third-order valence-corrected chi connectivity index (χ3v) is 2.62. The first-order valence-corrected chi connectivity index (χ1v) is 4.69. The van der Waals surface area contributed by atoms with Crippen molar-refractivity contribution in [2.75, 3.05) is 0 Å². The Kier molecular flexibility index (Phi) is 2.04. The number of rotatable bonds is 0. The summed E-state index contributed by atoms with van der Waals surface area (Å²) >= 11 is 3.23. The molecule has 0 unspecified atom stereocenters. The average Bonchev–Trinajstić information content (AvgIpc) is 2.12. The van der Waals surface area contributed by atoms with E-state index in [1.807, 2.05) is 13.0 Å². The predicted molar refractivity (Wildman–Crippen MR) is 54.1 cm³/mol. The highest BCUT2D eigenvalue weighted by Gasteiger charge is 2.06. The van der Waals surface area contributed by atoms with Crippen molar-refractivity contribution in [3.8, 4) is 0 Å². The molecule has 1 aromatic carbocycles. The molecule has 0 saturated carbocycles. The fourth-order valence-corrected chi connectivity index (χ4v) is 1.86. The Hall–Kier alpha value is -0.960. The number of hydrogen-bond acceptors (Lipinski definition) is 1. The summed E-state index contributed by atoms with van der Waals surface area (Å²) in [7, 11) is 0. The summed E-state index contributed by atoms with van der Waals surface area (Å²) in [6.45, 7) is 1.92. The molecule has 0 fully saturated rings. The lowest BCUT2D eigenvalue weighted by Gasteiger charge is -2.03. The second-order valence-corrected chi connectivity index (χ2v) is 3.65. The molecule has 1 nitrogen and oxygen atoms in total. The quantitative estimate of drug-likeness (QED) is 0.642. The van der Waals surface area contributed by atoms with E-state index in [1.165, 1.54) is 6.07 Å². The highest BCUT2D eigenvalue weighted by atomic mass is 79.9. The predicted octanol–water partition coefficient (Wildman–Crippen LogP) is 3.44. The van der Waals surface area contributed by atoms with Gasteiger partial charge < -0.3 is 0 Å². The van der Waals surface area contributed by atoms with Crippen LogP contribution in [0.25, 0.3) is 10.8 Å². The minimum absolute atomic E-state index is 0.236. The van der Waals surface area contributed by atoms with Gasteiger partial charge in [0.2, 0.25) is 0 Å². The van der Waals surface area contributed by atoms with E-state index in [9.17, 15) is 4.39 Å². The Morgan fingerprint density at radius 3 is 2.85 bits per heavy atom. The summed E-state index contributed by atoms with van der Waals surface area (Å²) in [6, 6.07) is 5.03. The molecule has 1 heterocycles. The van der Waals surface area contributed by atoms with Crippen molar-refractivity contribution in [2.24, 2.45) is 0 Å². The minimum atomic E-state index is -0.236. The topological polar surface area (TPSA) is 12.9 Å². The van der Waals surface area contributed by atoms with E-state index >= 15 is 0 Å². The zero-order chi connectivity index (χ0) is 9.42. The first-order chi connectivity index (χ1) is 6.20. The van der Waals surface area contributed by atoms with Crippen LogP contribution in [-0.4, -0.2) is 4.98 Å². The van der Waals surface area contributed by atoms with Crippen LogP contribution in [0.1, 0.15) is 5.56 Å². The molecule has 0 bridgehead atoms. The van der Waals surface area contributed by atoms with Gasteiger partial charge in [-0.2, -0.15) is 0 Å². The Morgan fingerprint density at radius 2 is 2.15 bits per heavy atom. The number of benzene rings is 1. The SMILES string of the molecule is Cc1cnc(Br)c2c(F)cccc12. The van der Waals surface area contributed by atoms with Gasteiger partial charge in [0.1, 0.15) is 10.4 Å². The normalized spacial score (nSPS) is 10.7. The molecule has 2 aromatic rings. The Morgan fingerprint density at radius 1 is 1.38 bits per heavy atom. The van der Waals surface area contributed by atoms with Crippen LogP contribution in [0.5, 0.6) is 0 Å². The van der Waals surface area contributed by atoms with Crippen LogP contribution in [0.3, 0.4) is 0 Å². The molecule has 66 valence electrons. The van der Waals surface area contributed by atoms with Crippen molar-refractivity contribution >= 4 is 26.7 Å². The molecule has 0 spiro atoms. The monoisotopic (exact) mass is 239 g/mol. The largest absolute Gasteiger partial charge is 0.248 e. The van der Waals surface area contributed by atoms with Crippen LogP contribution in [0.4, 0.5) is 4.39 Å². The maximum atomic E-state index is 13.4. The van der Waals surface area contributed by atoms with Gasteiger partial charge in [-0.25, -0.2) is 9.37 Å². The van der Waals surface area contributed by atoms with E-state index in [1.54, 1.807) is 12.3 Å². The van der Waals surface area contributed by atoms with E-state index in [-0.39, 0.29) is 5.82 Å². The number of fused-ring (bicyclic) bond motifs is 1. The van der Waals surface area contributed by atoms with E-state index in [4.69, 9.17) is 0 Å². The minimum Gasteiger partial charge on any atom is -0.248 e. The van der Waals surface area contributed by atoms with Gasteiger partial charge in [0.25, 0.3) is 0 Å². The van der Waals surface area contributed by atoms with Gasteiger partial charge >= 0.3 is 0 Å². The number of hydrogen-bond donors (Lipinski definition) is 0. The molecule has 13 heavy (non-hydrogen) atoms. The van der Waals surface area contributed by atoms with Crippen molar-refractivity contribution in [1.82, 2.24) is 4.98 Å². The van der Waals surface area contributed by atoms with Crippen molar-refractivity contribution in [3.63, 3.8) is 0 Å². The molecular weight excluding hydrogens is 233 g/mol. The molecule has 0 atom stereocenters. The van der Waals surface area contributed by atoms with E-state index < -0.39 is 0 Å². The van der Waals surface area contributed by atoms with Crippen LogP contribution in [-0.2, 0) is 0 Å². The summed E-state index contributed by atoms with van der Waals surface area (Å²) in [4.78, 5) is 4.04. The third-order valence-electron chi connectivity index (χ3n) is 2.02. The third kappa shape index (κ3) is 1.33. The van der Waals surface area contributed by atoms with Crippen LogP contribution in [0.15, 0.2) is 29.0 Å². The lowest BCUT2D eigenvalue weighted by Crippen LogP contribution is -1.87. The molecule has 0 aliphatic rings. The molecular formula is C10H7BrFN. The van der Waals surface area contributed by atoms with Gasteiger partial charge in [-0.1, -0.05) is 12.1 Å². The van der Waals surface area contributed by atoms with Crippen LogP contribution < -0.4 is 0 Å². The maximum Gasteiger partial charge on any atom is 0.133 e. The van der Waals surface area contributed by atoms with Gasteiger partial charge in [-0.15, -0.1) is 0 Å². The van der Waals surface area contributed by atoms with E-state index in [0.29, 0.717) is 9.99 Å². The summed E-state index contributed by atoms with van der Waals surface area (Å²) in [5.74, 6) is -0.236. The summed E-state index contributed by atoms with van der Waals surface area (Å²) < 4.78 is 13.9. The second-order valence-electron chi connectivity index (χ2n) is 2.89. The van der Waals surface area contributed by atoms with Gasteiger partial charge in [-0.3, -0.25) is 0 Å². The van der Waals surface area contributed by atoms with Crippen molar-refractivity contribution in [2.45, 2.75) is 6.92 Å². The Bertz CT molecular complexity index is 459. The van der Waals surface area contributed by atoms with E-state index in [0.717, 1.165) is 10.9 Å². The fraction of sp³-hybridized carbons (Fsp3) is 0.100. The number of aromatic nitrogens is 1. The maximum absolute atomic E-state index is 13.4. The molecule has 2 rings (SSSR count). The molecule has 3 heteroatoms. The standard InChI is InChI=1S/C10H7BrFN/c1-6-5-13-10(11)9-7(6)3-2-4-8(9)12/h2-5H,1H3. The van der Waals surface area contributed by atoms with Crippen molar-refractivity contribution in [1.29, 1.82) is 0 Å². The summed E-state index contributed by atoms with van der Waals surface area (Å²) in [5.41, 5.74) is 0.984. The zero-order valence-electron chi connectivity index (χ0n) is 7.01. The Labute approximate surface area is 83.7 Å². The summed E-state index contributed by atoms with van der Waals surface area (Å²) in [6.07, 6.45) is 1.73. The number of halogens is 2. The molecule has 0 aliphatic heterocycles. The Balaban J connectivity index is 3.00. The molecule has 1 aromatic heterocycles. The molecule has 0 radical (unpaired) electrons. The summed E-state index contributed by atoms with van der Waals surface area (Å²) in [5, 5.41) is 1.46. The van der Waals surface area contributed by atoms with Gasteiger partial charge in [0.05, 0.1) is 5.39 Å². The number of aryl methyl sites for hydroxylation is 1.